The van der Waals surface area contributed by atoms with E-state index in [0.29, 0.717) is 24.4 Å². The van der Waals surface area contributed by atoms with Gasteiger partial charge in [-0.15, -0.1) is 11.3 Å². The second-order valence-corrected chi connectivity index (χ2v) is 7.05. The van der Waals surface area contributed by atoms with E-state index >= 15 is 0 Å². The summed E-state index contributed by atoms with van der Waals surface area (Å²) in [5.41, 5.74) is 0.783. The van der Waals surface area contributed by atoms with Gasteiger partial charge in [-0.05, 0) is 24.9 Å². The Morgan fingerprint density at radius 1 is 1.45 bits per heavy atom. The fourth-order valence-corrected chi connectivity index (χ4v) is 4.79. The highest BCUT2D eigenvalue weighted by atomic mass is 32.2. The third-order valence-electron chi connectivity index (χ3n) is 2.80. The van der Waals surface area contributed by atoms with Crippen molar-refractivity contribution in [3.05, 3.63) is 34.0 Å². The number of nitrogens with zero attached hydrogens (tertiary/aromatic N) is 1. The molecule has 0 bridgehead atoms. The molecule has 0 amide bonds. The van der Waals surface area contributed by atoms with E-state index < -0.39 is 10.0 Å². The predicted octanol–water partition coefficient (Wildman–Crippen LogP) is 1.02. The first-order valence-electron chi connectivity index (χ1n) is 6.24. The van der Waals surface area contributed by atoms with Crippen LogP contribution in [0.15, 0.2) is 22.7 Å². The first-order chi connectivity index (χ1) is 9.54. The summed E-state index contributed by atoms with van der Waals surface area (Å²) in [5, 5.41) is 4.86. The van der Waals surface area contributed by atoms with Gasteiger partial charge >= 0.3 is 0 Å². The number of H-pyrrole nitrogens is 1. The minimum Gasteiger partial charge on any atom is -0.349 e. The van der Waals surface area contributed by atoms with Crippen LogP contribution in [0.1, 0.15) is 16.3 Å². The average molecular weight is 314 g/mol. The molecule has 2 aromatic heterocycles. The van der Waals surface area contributed by atoms with Crippen LogP contribution in [0.4, 0.5) is 0 Å². The molecule has 8 heteroatoms. The number of hydrogen-bond acceptors (Lipinski definition) is 5. The van der Waals surface area contributed by atoms with E-state index in [1.165, 1.54) is 11.3 Å². The molecule has 20 heavy (non-hydrogen) atoms. The number of thiophene rings is 1. The van der Waals surface area contributed by atoms with Gasteiger partial charge in [-0.2, -0.15) is 0 Å². The van der Waals surface area contributed by atoms with Gasteiger partial charge in [0.05, 0.1) is 0 Å². The largest absolute Gasteiger partial charge is 0.349 e. The summed E-state index contributed by atoms with van der Waals surface area (Å²) < 4.78 is 27.4. The maximum Gasteiger partial charge on any atom is 0.241 e. The van der Waals surface area contributed by atoms with E-state index in [1.807, 2.05) is 12.3 Å². The molecule has 0 aliphatic carbocycles. The van der Waals surface area contributed by atoms with Crippen LogP contribution < -0.4 is 10.0 Å². The summed E-state index contributed by atoms with van der Waals surface area (Å²) in [5.74, 6) is 0.769. The smallest absolute Gasteiger partial charge is 0.241 e. The lowest BCUT2D eigenvalue weighted by Gasteiger charge is -2.08. The van der Waals surface area contributed by atoms with Gasteiger partial charge in [0.15, 0.2) is 0 Å². The first kappa shape index (κ1) is 15.2. The SMILES string of the molecule is CNCc1scc(C)c1S(=O)(=O)NCCc1ncc[nH]1. The van der Waals surface area contributed by atoms with E-state index in [4.69, 9.17) is 0 Å². The molecule has 0 radical (unpaired) electrons. The summed E-state index contributed by atoms with van der Waals surface area (Å²) >= 11 is 1.46. The minimum atomic E-state index is -3.47. The van der Waals surface area contributed by atoms with Crippen molar-refractivity contribution in [1.29, 1.82) is 0 Å². The average Bonchev–Trinajstić information content (AvgIpc) is 3.00. The van der Waals surface area contributed by atoms with Crippen molar-refractivity contribution < 1.29 is 8.42 Å². The molecule has 0 aliphatic heterocycles. The molecule has 6 nitrogen and oxygen atoms in total. The zero-order chi connectivity index (χ0) is 14.6. The number of nitrogens with one attached hydrogen (secondary N) is 3. The molecule has 2 heterocycles. The van der Waals surface area contributed by atoms with E-state index in [-0.39, 0.29) is 0 Å². The topological polar surface area (TPSA) is 86.9 Å². The summed E-state index contributed by atoms with van der Waals surface area (Å²) in [4.78, 5) is 8.24. The van der Waals surface area contributed by atoms with Gasteiger partial charge in [0, 0.05) is 36.8 Å². The maximum atomic E-state index is 12.4. The molecule has 0 aromatic carbocycles. The maximum absolute atomic E-state index is 12.4. The van der Waals surface area contributed by atoms with Crippen molar-refractivity contribution in [2.75, 3.05) is 13.6 Å². The van der Waals surface area contributed by atoms with E-state index in [9.17, 15) is 8.42 Å². The lowest BCUT2D eigenvalue weighted by atomic mass is 10.3. The number of imidazole rings is 1. The van der Waals surface area contributed by atoms with Crippen LogP contribution in [-0.4, -0.2) is 32.0 Å². The van der Waals surface area contributed by atoms with Gasteiger partial charge in [-0.1, -0.05) is 0 Å². The molecule has 0 spiro atoms. The summed E-state index contributed by atoms with van der Waals surface area (Å²) in [7, 11) is -1.67. The molecule has 0 aliphatic rings. The van der Waals surface area contributed by atoms with Crippen molar-refractivity contribution in [1.82, 2.24) is 20.0 Å². The molecule has 0 atom stereocenters. The number of aromatic nitrogens is 2. The van der Waals surface area contributed by atoms with Crippen LogP contribution in [0.25, 0.3) is 0 Å². The lowest BCUT2D eigenvalue weighted by molar-refractivity contribution is 0.579. The second kappa shape index (κ2) is 6.49. The number of rotatable bonds is 7. The highest BCUT2D eigenvalue weighted by molar-refractivity contribution is 7.89. The Hall–Kier alpha value is -1.22. The standard InChI is InChI=1S/C12H18N4O2S2/c1-9-8-19-10(7-13-2)12(9)20(17,18)16-4-3-11-14-5-6-15-11/h5-6,8,13,16H,3-4,7H2,1-2H3,(H,14,15). The third-order valence-corrected chi connectivity index (χ3v) is 5.73. The van der Waals surface area contributed by atoms with Crippen molar-refractivity contribution in [2.24, 2.45) is 0 Å². The normalized spacial score (nSPS) is 11.9. The van der Waals surface area contributed by atoms with Crippen LogP contribution in [-0.2, 0) is 23.0 Å². The molecule has 2 aromatic rings. The zero-order valence-electron chi connectivity index (χ0n) is 11.4. The fourth-order valence-electron chi connectivity index (χ4n) is 1.94. The van der Waals surface area contributed by atoms with Crippen molar-refractivity contribution in [3.8, 4) is 0 Å². The van der Waals surface area contributed by atoms with E-state index in [2.05, 4.69) is 20.0 Å². The monoisotopic (exact) mass is 314 g/mol. The van der Waals surface area contributed by atoms with Gasteiger partial charge in [0.1, 0.15) is 10.7 Å². The van der Waals surface area contributed by atoms with Gasteiger partial charge in [-0.3, -0.25) is 0 Å². The Morgan fingerprint density at radius 3 is 2.90 bits per heavy atom. The van der Waals surface area contributed by atoms with Gasteiger partial charge < -0.3 is 10.3 Å². The van der Waals surface area contributed by atoms with E-state index in [0.717, 1.165) is 16.3 Å². The van der Waals surface area contributed by atoms with Crippen LogP contribution in [0.2, 0.25) is 0 Å². The summed E-state index contributed by atoms with van der Waals surface area (Å²) in [6.45, 7) is 2.69. The van der Waals surface area contributed by atoms with Crippen LogP contribution in [0.3, 0.4) is 0 Å². The zero-order valence-corrected chi connectivity index (χ0v) is 13.1. The van der Waals surface area contributed by atoms with Crippen molar-refractivity contribution >= 4 is 21.4 Å². The number of sulfonamides is 1. The molecular weight excluding hydrogens is 296 g/mol. The molecule has 0 saturated carbocycles. The predicted molar refractivity (Wildman–Crippen MR) is 79.3 cm³/mol. The Morgan fingerprint density at radius 2 is 2.25 bits per heavy atom. The number of hydrogen-bond donors (Lipinski definition) is 3. The highest BCUT2D eigenvalue weighted by Crippen LogP contribution is 2.26. The molecule has 0 unspecified atom stereocenters. The summed E-state index contributed by atoms with van der Waals surface area (Å²) in [6.07, 6.45) is 3.91. The molecular formula is C12H18N4O2S2. The van der Waals surface area contributed by atoms with Crippen LogP contribution in [0.5, 0.6) is 0 Å². The first-order valence-corrected chi connectivity index (χ1v) is 8.60. The second-order valence-electron chi connectivity index (χ2n) is 4.38. The lowest BCUT2D eigenvalue weighted by Crippen LogP contribution is -2.27. The van der Waals surface area contributed by atoms with Crippen LogP contribution >= 0.6 is 11.3 Å². The number of aromatic amines is 1. The Bertz CT molecular complexity index is 647. The Balaban J connectivity index is 2.08. The van der Waals surface area contributed by atoms with Gasteiger partial charge in [0.2, 0.25) is 10.0 Å². The van der Waals surface area contributed by atoms with Gasteiger partial charge in [-0.25, -0.2) is 18.1 Å². The molecule has 0 saturated heterocycles. The minimum absolute atomic E-state index is 0.324. The molecule has 3 N–H and O–H groups in total. The third kappa shape index (κ3) is 3.45. The molecule has 0 fully saturated rings. The molecule has 110 valence electrons. The molecule has 2 rings (SSSR count). The number of aryl methyl sites for hydroxylation is 1. The summed E-state index contributed by atoms with van der Waals surface area (Å²) in [6, 6.07) is 0. The van der Waals surface area contributed by atoms with Crippen molar-refractivity contribution in [3.63, 3.8) is 0 Å². The van der Waals surface area contributed by atoms with Crippen molar-refractivity contribution in [2.45, 2.75) is 24.8 Å². The quantitative estimate of drug-likeness (QED) is 0.712. The van der Waals surface area contributed by atoms with E-state index in [1.54, 1.807) is 19.4 Å². The Labute approximate surface area is 122 Å². The highest BCUT2D eigenvalue weighted by Gasteiger charge is 2.22. The van der Waals surface area contributed by atoms with Gasteiger partial charge in [0.25, 0.3) is 0 Å². The van der Waals surface area contributed by atoms with Crippen LogP contribution in [0, 0.1) is 6.92 Å². The Kier molecular flexibility index (Phi) is 4.92. The fraction of sp³-hybridized carbons (Fsp3) is 0.417.